The monoisotopic (exact) mass is 328 g/mol. The molecular weight excluding hydrogens is 308 g/mol. The molecule has 126 valence electrons. The first-order valence-corrected chi connectivity index (χ1v) is 8.24. The summed E-state index contributed by atoms with van der Waals surface area (Å²) in [5, 5.41) is 13.3. The number of carboxylic acid groups (broad SMARTS) is 1. The average Bonchev–Trinajstić information content (AvgIpc) is 3.40. The number of pyridine rings is 1. The van der Waals surface area contributed by atoms with Gasteiger partial charge in [-0.25, -0.2) is 4.79 Å². The normalized spacial score (nSPS) is 18.1. The Morgan fingerprint density at radius 3 is 2.54 bits per heavy atom. The Bertz CT molecular complexity index is 880. The van der Waals surface area contributed by atoms with Crippen LogP contribution in [0.25, 0.3) is 10.9 Å². The lowest BCUT2D eigenvalue weighted by Gasteiger charge is -2.31. The fourth-order valence-electron chi connectivity index (χ4n) is 3.46. The molecule has 1 aliphatic heterocycles. The van der Waals surface area contributed by atoms with Gasteiger partial charge in [0, 0.05) is 43.7 Å². The Balaban J connectivity index is 1.97. The van der Waals surface area contributed by atoms with Crippen LogP contribution in [-0.2, 0) is 0 Å². The van der Waals surface area contributed by atoms with Gasteiger partial charge in [-0.05, 0) is 25.0 Å². The summed E-state index contributed by atoms with van der Waals surface area (Å²) in [6, 6.07) is 4.95. The smallest absolute Gasteiger partial charge is 0.352 e. The molecule has 0 atom stereocenters. The third-order valence-electron chi connectivity index (χ3n) is 4.79. The number of rotatable bonds is 3. The molecule has 2 heterocycles. The molecule has 1 aromatic carbocycles. The van der Waals surface area contributed by atoms with Crippen LogP contribution in [0.4, 0.5) is 11.4 Å². The van der Waals surface area contributed by atoms with Crippen LogP contribution in [0.2, 0.25) is 0 Å². The summed E-state index contributed by atoms with van der Waals surface area (Å²) >= 11 is 0. The van der Waals surface area contributed by atoms with Crippen LogP contribution in [0, 0.1) is 0 Å². The second-order valence-electron chi connectivity index (χ2n) is 6.47. The van der Waals surface area contributed by atoms with E-state index in [2.05, 4.69) is 10.2 Å². The van der Waals surface area contributed by atoms with Crippen LogP contribution in [0.5, 0.6) is 0 Å². The summed E-state index contributed by atoms with van der Waals surface area (Å²) in [5.74, 6) is -1.07. The third kappa shape index (κ3) is 2.41. The van der Waals surface area contributed by atoms with Crippen molar-refractivity contribution in [3.63, 3.8) is 0 Å². The molecule has 2 aliphatic rings. The minimum Gasteiger partial charge on any atom is -0.477 e. The van der Waals surface area contributed by atoms with Crippen molar-refractivity contribution in [3.8, 4) is 0 Å². The number of nitrogens with two attached hydrogens (primary N) is 1. The molecule has 2 fully saturated rings. The topological polar surface area (TPSA) is 101 Å². The van der Waals surface area contributed by atoms with Gasteiger partial charge < -0.3 is 25.6 Å². The van der Waals surface area contributed by atoms with Gasteiger partial charge in [0.1, 0.15) is 5.69 Å². The molecule has 24 heavy (non-hydrogen) atoms. The molecule has 1 saturated heterocycles. The number of anilines is 2. The van der Waals surface area contributed by atoms with E-state index in [0.717, 1.165) is 44.7 Å². The van der Waals surface area contributed by atoms with E-state index in [1.165, 1.54) is 6.07 Å². The number of nitrogen functional groups attached to an aromatic ring is 1. The Hall–Kier alpha value is -2.54. The van der Waals surface area contributed by atoms with Gasteiger partial charge in [0.15, 0.2) is 5.43 Å². The van der Waals surface area contributed by atoms with Gasteiger partial charge in [-0.15, -0.1) is 0 Å². The van der Waals surface area contributed by atoms with Crippen molar-refractivity contribution in [2.24, 2.45) is 0 Å². The van der Waals surface area contributed by atoms with Crippen molar-refractivity contribution in [1.82, 2.24) is 9.88 Å². The molecule has 4 rings (SSSR count). The van der Waals surface area contributed by atoms with Crippen LogP contribution >= 0.6 is 0 Å². The second-order valence-corrected chi connectivity index (χ2v) is 6.47. The molecule has 0 unspecified atom stereocenters. The number of nitrogens with one attached hydrogen (secondary N) is 1. The number of aromatic carboxylic acids is 1. The van der Waals surface area contributed by atoms with Gasteiger partial charge in [-0.3, -0.25) is 4.79 Å². The predicted octanol–water partition coefficient (Wildman–Crippen LogP) is 1.03. The zero-order valence-corrected chi connectivity index (χ0v) is 13.3. The van der Waals surface area contributed by atoms with Crippen molar-refractivity contribution in [3.05, 3.63) is 34.1 Å². The lowest BCUT2D eigenvalue weighted by molar-refractivity contribution is 0.0684. The summed E-state index contributed by atoms with van der Waals surface area (Å²) in [4.78, 5) is 26.2. The molecular formula is C17H20N4O3. The lowest BCUT2D eigenvalue weighted by Crippen LogP contribution is -2.43. The van der Waals surface area contributed by atoms with E-state index in [1.54, 1.807) is 10.6 Å². The largest absolute Gasteiger partial charge is 0.477 e. The van der Waals surface area contributed by atoms with Crippen LogP contribution < -0.4 is 21.4 Å². The maximum absolute atomic E-state index is 12.4. The van der Waals surface area contributed by atoms with Crippen molar-refractivity contribution in [2.45, 2.75) is 18.9 Å². The number of piperazine rings is 1. The van der Waals surface area contributed by atoms with Gasteiger partial charge in [0.2, 0.25) is 0 Å². The van der Waals surface area contributed by atoms with Crippen LogP contribution in [-0.4, -0.2) is 41.8 Å². The minimum absolute atomic E-state index is 0.0611. The first-order valence-electron chi connectivity index (χ1n) is 8.24. The van der Waals surface area contributed by atoms with E-state index in [-0.39, 0.29) is 17.2 Å². The molecule has 0 bridgehead atoms. The SMILES string of the molecule is Nc1cc2c(=O)cc(C(=O)O)n(C3CC3)c2cc1N1CCNCC1. The van der Waals surface area contributed by atoms with Gasteiger partial charge in [-0.2, -0.15) is 0 Å². The standard InChI is InChI=1S/C17H20N4O3/c18-12-7-11-13(8-14(12)20-5-3-19-4-6-20)21(10-1-2-10)15(17(23)24)9-16(11)22/h7-10,19H,1-6,18H2,(H,23,24). The Labute approximate surface area is 138 Å². The molecule has 1 aromatic heterocycles. The molecule has 7 nitrogen and oxygen atoms in total. The van der Waals surface area contributed by atoms with Crippen molar-refractivity contribution in [1.29, 1.82) is 0 Å². The Morgan fingerprint density at radius 1 is 1.21 bits per heavy atom. The molecule has 0 spiro atoms. The fourth-order valence-corrected chi connectivity index (χ4v) is 3.46. The highest BCUT2D eigenvalue weighted by Gasteiger charge is 2.29. The molecule has 0 radical (unpaired) electrons. The molecule has 1 aliphatic carbocycles. The van der Waals surface area contributed by atoms with E-state index >= 15 is 0 Å². The van der Waals surface area contributed by atoms with Crippen LogP contribution in [0.15, 0.2) is 23.0 Å². The molecule has 1 saturated carbocycles. The number of hydrogen-bond acceptors (Lipinski definition) is 5. The highest BCUT2D eigenvalue weighted by molar-refractivity contribution is 5.94. The average molecular weight is 328 g/mol. The van der Waals surface area contributed by atoms with Gasteiger partial charge in [-0.1, -0.05) is 0 Å². The quantitative estimate of drug-likeness (QED) is 0.728. The number of nitrogens with zero attached hydrogens (tertiary/aromatic N) is 2. The molecule has 0 amide bonds. The van der Waals surface area contributed by atoms with Gasteiger partial charge >= 0.3 is 5.97 Å². The first kappa shape index (κ1) is 15.0. The highest BCUT2D eigenvalue weighted by Crippen LogP contribution is 2.39. The number of fused-ring (bicyclic) bond motifs is 1. The number of carbonyl (C=O) groups is 1. The van der Waals surface area contributed by atoms with Gasteiger partial charge in [0.25, 0.3) is 0 Å². The third-order valence-corrected chi connectivity index (χ3v) is 4.79. The van der Waals surface area contributed by atoms with Crippen molar-refractivity contribution in [2.75, 3.05) is 36.8 Å². The first-order chi connectivity index (χ1) is 11.6. The summed E-state index contributed by atoms with van der Waals surface area (Å²) in [5.41, 5.74) is 8.08. The maximum atomic E-state index is 12.4. The van der Waals surface area contributed by atoms with Crippen molar-refractivity contribution >= 4 is 28.2 Å². The maximum Gasteiger partial charge on any atom is 0.352 e. The molecule has 4 N–H and O–H groups in total. The van der Waals surface area contributed by atoms with E-state index in [1.807, 2.05) is 6.07 Å². The number of hydrogen-bond donors (Lipinski definition) is 3. The Morgan fingerprint density at radius 2 is 1.92 bits per heavy atom. The van der Waals surface area contributed by atoms with Gasteiger partial charge in [0.05, 0.1) is 16.9 Å². The zero-order chi connectivity index (χ0) is 16.8. The Kier molecular flexibility index (Phi) is 3.45. The fraction of sp³-hybridized carbons (Fsp3) is 0.412. The summed E-state index contributed by atoms with van der Waals surface area (Å²) < 4.78 is 1.80. The number of aromatic nitrogens is 1. The summed E-state index contributed by atoms with van der Waals surface area (Å²) in [7, 11) is 0. The van der Waals surface area contributed by atoms with E-state index in [0.29, 0.717) is 16.6 Å². The van der Waals surface area contributed by atoms with E-state index < -0.39 is 5.97 Å². The predicted molar refractivity (Wildman–Crippen MR) is 92.9 cm³/mol. The summed E-state index contributed by atoms with van der Waals surface area (Å²) in [6.45, 7) is 3.42. The lowest BCUT2D eigenvalue weighted by atomic mass is 10.1. The minimum atomic E-state index is -1.07. The summed E-state index contributed by atoms with van der Waals surface area (Å²) in [6.07, 6.45) is 1.87. The van der Waals surface area contributed by atoms with E-state index in [4.69, 9.17) is 5.73 Å². The van der Waals surface area contributed by atoms with Crippen LogP contribution in [0.3, 0.4) is 0 Å². The zero-order valence-electron chi connectivity index (χ0n) is 13.3. The molecule has 2 aromatic rings. The number of benzene rings is 1. The van der Waals surface area contributed by atoms with Crippen molar-refractivity contribution < 1.29 is 9.90 Å². The van der Waals surface area contributed by atoms with E-state index in [9.17, 15) is 14.7 Å². The molecule has 7 heteroatoms. The van der Waals surface area contributed by atoms with Crippen LogP contribution in [0.1, 0.15) is 29.4 Å². The second kappa shape index (κ2) is 5.52. The highest BCUT2D eigenvalue weighted by atomic mass is 16.4. The number of carboxylic acids is 1.